The molecule has 0 aliphatic rings. The van der Waals surface area contributed by atoms with E-state index < -0.39 is 0 Å². The Morgan fingerprint density at radius 2 is 1.48 bits per heavy atom. The second-order valence-electron chi connectivity index (χ2n) is 5.28. The summed E-state index contributed by atoms with van der Waals surface area (Å²) in [6, 6.07) is 20.2. The Morgan fingerprint density at radius 1 is 0.810 bits per heavy atom. The van der Waals surface area contributed by atoms with Crippen LogP contribution in [0.3, 0.4) is 0 Å². The first kappa shape index (κ1) is 13.4. The van der Waals surface area contributed by atoms with Crippen molar-refractivity contribution < 1.29 is 0 Å². The zero-order valence-corrected chi connectivity index (χ0v) is 12.2. The van der Waals surface area contributed by atoms with E-state index in [-0.39, 0.29) is 5.56 Å². The fourth-order valence-corrected chi connectivity index (χ4v) is 2.43. The van der Waals surface area contributed by atoms with Gasteiger partial charge in [-0.05, 0) is 36.6 Å². The molecule has 1 heterocycles. The summed E-state index contributed by atoms with van der Waals surface area (Å²) in [5, 5.41) is 0. The summed E-state index contributed by atoms with van der Waals surface area (Å²) in [5.74, 6) is 0. The molecule has 0 bridgehead atoms. The van der Waals surface area contributed by atoms with Crippen LogP contribution in [0.4, 0.5) is 0 Å². The van der Waals surface area contributed by atoms with Crippen LogP contribution in [0, 0.1) is 13.8 Å². The maximum absolute atomic E-state index is 12.2. The number of hydrogen-bond donors (Lipinski definition) is 1. The minimum Gasteiger partial charge on any atom is -0.322 e. The number of rotatable bonds is 2. The van der Waals surface area contributed by atoms with Crippen LogP contribution in [0.25, 0.3) is 22.4 Å². The molecule has 104 valence electrons. The quantitative estimate of drug-likeness (QED) is 0.742. The molecule has 0 atom stereocenters. The molecular formula is C19H17NO. The number of aryl methyl sites for hydroxylation is 1. The lowest BCUT2D eigenvalue weighted by Crippen LogP contribution is -2.11. The molecule has 0 aliphatic heterocycles. The molecular weight excluding hydrogens is 258 g/mol. The summed E-state index contributed by atoms with van der Waals surface area (Å²) in [7, 11) is 0. The summed E-state index contributed by atoms with van der Waals surface area (Å²) in [6.45, 7) is 3.92. The highest BCUT2D eigenvalue weighted by molar-refractivity contribution is 5.72. The topological polar surface area (TPSA) is 32.9 Å². The predicted octanol–water partition coefficient (Wildman–Crippen LogP) is 4.33. The van der Waals surface area contributed by atoms with Crippen LogP contribution < -0.4 is 5.56 Å². The minimum atomic E-state index is -0.0353. The summed E-state index contributed by atoms with van der Waals surface area (Å²) < 4.78 is 0. The molecule has 0 aliphatic carbocycles. The number of pyridine rings is 1. The van der Waals surface area contributed by atoms with Crippen molar-refractivity contribution in [2.24, 2.45) is 0 Å². The van der Waals surface area contributed by atoms with Gasteiger partial charge in [-0.2, -0.15) is 0 Å². The van der Waals surface area contributed by atoms with Gasteiger partial charge in [0.2, 0.25) is 0 Å². The van der Waals surface area contributed by atoms with Gasteiger partial charge in [-0.25, -0.2) is 0 Å². The fourth-order valence-electron chi connectivity index (χ4n) is 2.43. The van der Waals surface area contributed by atoms with Gasteiger partial charge < -0.3 is 4.98 Å². The predicted molar refractivity (Wildman–Crippen MR) is 87.4 cm³/mol. The third-order valence-corrected chi connectivity index (χ3v) is 3.73. The van der Waals surface area contributed by atoms with Gasteiger partial charge >= 0.3 is 0 Å². The average Bonchev–Trinajstić information content (AvgIpc) is 2.52. The largest absolute Gasteiger partial charge is 0.322 e. The average molecular weight is 275 g/mol. The molecule has 0 radical (unpaired) electrons. The molecule has 1 N–H and O–H groups in total. The lowest BCUT2D eigenvalue weighted by atomic mass is 9.98. The third kappa shape index (κ3) is 2.65. The van der Waals surface area contributed by atoms with E-state index in [2.05, 4.69) is 42.2 Å². The van der Waals surface area contributed by atoms with Crippen LogP contribution in [-0.4, -0.2) is 4.98 Å². The van der Waals surface area contributed by atoms with Crippen LogP contribution in [0.2, 0.25) is 0 Å². The highest BCUT2D eigenvalue weighted by Crippen LogP contribution is 2.26. The normalized spacial score (nSPS) is 10.6. The Hall–Kier alpha value is -2.61. The first-order chi connectivity index (χ1) is 10.1. The van der Waals surface area contributed by atoms with E-state index in [0.717, 1.165) is 27.9 Å². The smallest absolute Gasteiger partial charge is 0.251 e. The Bertz CT molecular complexity index is 814. The van der Waals surface area contributed by atoms with E-state index in [4.69, 9.17) is 0 Å². The Balaban J connectivity index is 2.19. The van der Waals surface area contributed by atoms with Gasteiger partial charge in [-0.3, -0.25) is 4.79 Å². The van der Waals surface area contributed by atoms with E-state index >= 15 is 0 Å². The SMILES string of the molecule is Cc1ccc(-c2cc(-c3ccccc3)[nH]c(=O)c2C)cc1. The summed E-state index contributed by atoms with van der Waals surface area (Å²) >= 11 is 0. The highest BCUT2D eigenvalue weighted by atomic mass is 16.1. The standard InChI is InChI=1S/C19H17NO/c1-13-8-10-15(11-9-13)17-12-18(20-19(21)14(17)2)16-6-4-3-5-7-16/h3-12H,1-2H3,(H,20,21). The van der Waals surface area contributed by atoms with Crippen molar-refractivity contribution in [2.75, 3.05) is 0 Å². The number of aromatic amines is 1. The number of benzene rings is 2. The monoisotopic (exact) mass is 275 g/mol. The molecule has 3 rings (SSSR count). The van der Waals surface area contributed by atoms with Crippen molar-refractivity contribution >= 4 is 0 Å². The molecule has 2 nitrogen and oxygen atoms in total. The molecule has 0 fully saturated rings. The third-order valence-electron chi connectivity index (χ3n) is 3.73. The summed E-state index contributed by atoms with van der Waals surface area (Å²) in [6.07, 6.45) is 0. The van der Waals surface area contributed by atoms with Crippen LogP contribution in [0.5, 0.6) is 0 Å². The molecule has 0 unspecified atom stereocenters. The first-order valence-electron chi connectivity index (χ1n) is 7.01. The van der Waals surface area contributed by atoms with Gasteiger partial charge in [0.15, 0.2) is 0 Å². The van der Waals surface area contributed by atoms with E-state index in [0.29, 0.717) is 0 Å². The van der Waals surface area contributed by atoms with Crippen LogP contribution in [0.15, 0.2) is 65.5 Å². The fraction of sp³-hybridized carbons (Fsp3) is 0.105. The number of H-pyrrole nitrogens is 1. The Labute approximate surface area is 124 Å². The second kappa shape index (κ2) is 5.41. The van der Waals surface area contributed by atoms with E-state index in [1.54, 1.807) is 0 Å². The lowest BCUT2D eigenvalue weighted by molar-refractivity contribution is 1.19. The van der Waals surface area contributed by atoms with Crippen molar-refractivity contribution in [3.05, 3.63) is 82.1 Å². The van der Waals surface area contributed by atoms with Gasteiger partial charge in [0, 0.05) is 11.3 Å². The molecule has 3 aromatic rings. The van der Waals surface area contributed by atoms with E-state index in [9.17, 15) is 4.79 Å². The van der Waals surface area contributed by atoms with Crippen molar-refractivity contribution in [1.29, 1.82) is 0 Å². The van der Waals surface area contributed by atoms with Crippen molar-refractivity contribution in [2.45, 2.75) is 13.8 Å². The molecule has 21 heavy (non-hydrogen) atoms. The van der Waals surface area contributed by atoms with Crippen LogP contribution in [-0.2, 0) is 0 Å². The Morgan fingerprint density at radius 3 is 2.14 bits per heavy atom. The van der Waals surface area contributed by atoms with Gasteiger partial charge in [-0.15, -0.1) is 0 Å². The van der Waals surface area contributed by atoms with Crippen LogP contribution in [0.1, 0.15) is 11.1 Å². The van der Waals surface area contributed by atoms with E-state index in [1.807, 2.05) is 37.3 Å². The molecule has 1 aromatic heterocycles. The number of hydrogen-bond acceptors (Lipinski definition) is 1. The molecule has 0 amide bonds. The number of aromatic nitrogens is 1. The molecule has 2 heteroatoms. The van der Waals surface area contributed by atoms with Crippen molar-refractivity contribution in [1.82, 2.24) is 4.98 Å². The minimum absolute atomic E-state index is 0.0353. The highest BCUT2D eigenvalue weighted by Gasteiger charge is 2.08. The summed E-state index contributed by atoms with van der Waals surface area (Å²) in [5.41, 5.74) is 5.85. The van der Waals surface area contributed by atoms with Gasteiger partial charge in [0.25, 0.3) is 5.56 Å². The van der Waals surface area contributed by atoms with Gasteiger partial charge in [-0.1, -0.05) is 60.2 Å². The molecule has 0 saturated heterocycles. The number of nitrogens with one attached hydrogen (secondary N) is 1. The van der Waals surface area contributed by atoms with Crippen LogP contribution >= 0.6 is 0 Å². The lowest BCUT2D eigenvalue weighted by Gasteiger charge is -2.09. The molecule has 0 spiro atoms. The maximum atomic E-state index is 12.2. The van der Waals surface area contributed by atoms with Crippen molar-refractivity contribution in [3.8, 4) is 22.4 Å². The zero-order chi connectivity index (χ0) is 14.8. The van der Waals surface area contributed by atoms with Gasteiger partial charge in [0.1, 0.15) is 0 Å². The van der Waals surface area contributed by atoms with Crippen molar-refractivity contribution in [3.63, 3.8) is 0 Å². The Kier molecular flexibility index (Phi) is 3.44. The van der Waals surface area contributed by atoms with Gasteiger partial charge in [0.05, 0.1) is 0 Å². The second-order valence-corrected chi connectivity index (χ2v) is 5.28. The zero-order valence-electron chi connectivity index (χ0n) is 12.2. The molecule has 0 saturated carbocycles. The van der Waals surface area contributed by atoms with E-state index in [1.165, 1.54) is 5.56 Å². The summed E-state index contributed by atoms with van der Waals surface area (Å²) in [4.78, 5) is 15.2. The maximum Gasteiger partial charge on any atom is 0.251 e. The molecule has 2 aromatic carbocycles. The first-order valence-corrected chi connectivity index (χ1v) is 7.01.